The smallest absolute Gasteiger partial charge is 0.221 e. The van der Waals surface area contributed by atoms with Crippen molar-refractivity contribution in [3.05, 3.63) is 0 Å². The van der Waals surface area contributed by atoms with Gasteiger partial charge in [-0.25, -0.2) is 0 Å². The zero-order valence-corrected chi connectivity index (χ0v) is 8.71. The van der Waals surface area contributed by atoms with Gasteiger partial charge in [0.1, 0.15) is 0 Å². The highest BCUT2D eigenvalue weighted by Gasteiger charge is 1.97. The SMILES string of the molecule is CCNC(=O)CCNCCOCCO. The average molecular weight is 204 g/mol. The van der Waals surface area contributed by atoms with E-state index in [1.54, 1.807) is 0 Å². The summed E-state index contributed by atoms with van der Waals surface area (Å²) in [5.74, 6) is 0.0660. The fraction of sp³-hybridized carbons (Fsp3) is 0.889. The molecule has 0 aliphatic heterocycles. The van der Waals surface area contributed by atoms with Gasteiger partial charge in [-0.2, -0.15) is 0 Å². The number of ether oxygens (including phenoxy) is 1. The maximum Gasteiger partial charge on any atom is 0.221 e. The number of hydrogen-bond donors (Lipinski definition) is 3. The second kappa shape index (κ2) is 10.4. The molecular formula is C9H20N2O3. The Balaban J connectivity index is 3.01. The van der Waals surface area contributed by atoms with Gasteiger partial charge < -0.3 is 20.5 Å². The standard InChI is InChI=1S/C9H20N2O3/c1-2-11-9(13)3-4-10-5-7-14-8-6-12/h10,12H,2-8H2,1H3,(H,11,13). The van der Waals surface area contributed by atoms with Crippen LogP contribution < -0.4 is 10.6 Å². The first-order chi connectivity index (χ1) is 6.81. The molecule has 0 bridgehead atoms. The molecule has 0 aromatic carbocycles. The third kappa shape index (κ3) is 9.44. The van der Waals surface area contributed by atoms with Gasteiger partial charge in [-0.15, -0.1) is 0 Å². The molecule has 5 heteroatoms. The molecule has 84 valence electrons. The van der Waals surface area contributed by atoms with E-state index in [1.165, 1.54) is 0 Å². The minimum absolute atomic E-state index is 0.0545. The first-order valence-electron chi connectivity index (χ1n) is 4.97. The number of aliphatic hydroxyl groups is 1. The third-order valence-corrected chi connectivity index (χ3v) is 1.56. The summed E-state index contributed by atoms with van der Waals surface area (Å²) in [6.45, 7) is 4.94. The molecule has 1 amide bonds. The van der Waals surface area contributed by atoms with E-state index in [9.17, 15) is 4.79 Å². The van der Waals surface area contributed by atoms with E-state index < -0.39 is 0 Å². The molecule has 0 heterocycles. The van der Waals surface area contributed by atoms with Crippen molar-refractivity contribution in [3.63, 3.8) is 0 Å². The molecule has 0 aliphatic carbocycles. The maximum absolute atomic E-state index is 11.0. The van der Waals surface area contributed by atoms with Crippen LogP contribution in [0.15, 0.2) is 0 Å². The van der Waals surface area contributed by atoms with Crippen molar-refractivity contribution in [3.8, 4) is 0 Å². The Hall–Kier alpha value is -0.650. The number of rotatable bonds is 9. The Bertz CT molecular complexity index is 142. The largest absolute Gasteiger partial charge is 0.394 e. The summed E-state index contributed by atoms with van der Waals surface area (Å²) in [4.78, 5) is 11.0. The number of carbonyl (C=O) groups excluding carboxylic acids is 1. The number of amides is 1. The molecule has 0 aliphatic rings. The number of aliphatic hydroxyl groups excluding tert-OH is 1. The zero-order valence-electron chi connectivity index (χ0n) is 8.71. The summed E-state index contributed by atoms with van der Waals surface area (Å²) in [5.41, 5.74) is 0. The monoisotopic (exact) mass is 204 g/mol. The van der Waals surface area contributed by atoms with Gasteiger partial charge in [0.25, 0.3) is 0 Å². The van der Waals surface area contributed by atoms with Gasteiger partial charge in [-0.3, -0.25) is 4.79 Å². The predicted molar refractivity (Wildman–Crippen MR) is 54.1 cm³/mol. The molecule has 14 heavy (non-hydrogen) atoms. The van der Waals surface area contributed by atoms with Crippen LogP contribution in [-0.2, 0) is 9.53 Å². The van der Waals surface area contributed by atoms with Crippen LogP contribution in [0.2, 0.25) is 0 Å². The summed E-state index contributed by atoms with van der Waals surface area (Å²) < 4.78 is 5.02. The average Bonchev–Trinajstić information content (AvgIpc) is 2.17. The molecule has 5 nitrogen and oxygen atoms in total. The molecule has 0 atom stereocenters. The lowest BCUT2D eigenvalue weighted by Gasteiger charge is -2.05. The van der Waals surface area contributed by atoms with Crippen molar-refractivity contribution in [2.75, 3.05) is 39.5 Å². The molecule has 3 N–H and O–H groups in total. The topological polar surface area (TPSA) is 70.6 Å². The van der Waals surface area contributed by atoms with Crippen LogP contribution in [0.5, 0.6) is 0 Å². The minimum Gasteiger partial charge on any atom is -0.394 e. The van der Waals surface area contributed by atoms with E-state index in [0.29, 0.717) is 39.3 Å². The lowest BCUT2D eigenvalue weighted by Crippen LogP contribution is -2.29. The van der Waals surface area contributed by atoms with E-state index in [-0.39, 0.29) is 12.5 Å². The number of nitrogens with one attached hydrogen (secondary N) is 2. The van der Waals surface area contributed by atoms with Crippen molar-refractivity contribution in [2.45, 2.75) is 13.3 Å². The zero-order chi connectivity index (χ0) is 10.6. The first-order valence-corrected chi connectivity index (χ1v) is 4.97. The third-order valence-electron chi connectivity index (χ3n) is 1.56. The van der Waals surface area contributed by atoms with Crippen molar-refractivity contribution in [1.29, 1.82) is 0 Å². The van der Waals surface area contributed by atoms with Crippen molar-refractivity contribution < 1.29 is 14.6 Å². The van der Waals surface area contributed by atoms with Crippen LogP contribution in [0.4, 0.5) is 0 Å². The van der Waals surface area contributed by atoms with E-state index in [1.807, 2.05) is 6.92 Å². The molecule has 0 aromatic rings. The van der Waals surface area contributed by atoms with E-state index in [2.05, 4.69) is 10.6 Å². The van der Waals surface area contributed by atoms with Crippen molar-refractivity contribution in [1.82, 2.24) is 10.6 Å². The maximum atomic E-state index is 11.0. The number of hydrogen-bond acceptors (Lipinski definition) is 4. The second-order valence-corrected chi connectivity index (χ2v) is 2.79. The lowest BCUT2D eigenvalue weighted by atomic mass is 10.4. The normalized spacial score (nSPS) is 10.1. The van der Waals surface area contributed by atoms with Crippen LogP contribution in [0.25, 0.3) is 0 Å². The Morgan fingerprint density at radius 2 is 2.14 bits per heavy atom. The Morgan fingerprint density at radius 1 is 1.36 bits per heavy atom. The van der Waals surface area contributed by atoms with Crippen LogP contribution >= 0.6 is 0 Å². The summed E-state index contributed by atoms with van der Waals surface area (Å²) in [5, 5.41) is 14.2. The van der Waals surface area contributed by atoms with E-state index in [0.717, 1.165) is 0 Å². The molecule has 0 radical (unpaired) electrons. The van der Waals surface area contributed by atoms with Crippen molar-refractivity contribution in [2.24, 2.45) is 0 Å². The van der Waals surface area contributed by atoms with Gasteiger partial charge in [0.05, 0.1) is 19.8 Å². The van der Waals surface area contributed by atoms with Crippen LogP contribution in [0.3, 0.4) is 0 Å². The quantitative estimate of drug-likeness (QED) is 0.426. The van der Waals surface area contributed by atoms with Gasteiger partial charge >= 0.3 is 0 Å². The summed E-state index contributed by atoms with van der Waals surface area (Å²) in [6, 6.07) is 0. The summed E-state index contributed by atoms with van der Waals surface area (Å²) in [6.07, 6.45) is 0.494. The van der Waals surface area contributed by atoms with Crippen LogP contribution in [0, 0.1) is 0 Å². The number of carbonyl (C=O) groups is 1. The second-order valence-electron chi connectivity index (χ2n) is 2.79. The molecule has 0 saturated carbocycles. The fourth-order valence-electron chi connectivity index (χ4n) is 0.923. The van der Waals surface area contributed by atoms with Gasteiger partial charge in [0, 0.05) is 26.1 Å². The van der Waals surface area contributed by atoms with Crippen LogP contribution in [-0.4, -0.2) is 50.5 Å². The van der Waals surface area contributed by atoms with Crippen LogP contribution in [0.1, 0.15) is 13.3 Å². The molecule has 0 unspecified atom stereocenters. The van der Waals surface area contributed by atoms with E-state index >= 15 is 0 Å². The molecule has 0 rings (SSSR count). The Labute approximate surface area is 84.8 Å². The van der Waals surface area contributed by atoms with Crippen molar-refractivity contribution >= 4 is 5.91 Å². The molecule has 0 spiro atoms. The van der Waals surface area contributed by atoms with Gasteiger partial charge in [-0.05, 0) is 6.92 Å². The molecular weight excluding hydrogens is 184 g/mol. The lowest BCUT2D eigenvalue weighted by molar-refractivity contribution is -0.120. The predicted octanol–water partition coefficient (Wildman–Crippen LogP) is -0.889. The van der Waals surface area contributed by atoms with E-state index in [4.69, 9.17) is 9.84 Å². The highest BCUT2D eigenvalue weighted by molar-refractivity contribution is 5.75. The summed E-state index contributed by atoms with van der Waals surface area (Å²) >= 11 is 0. The minimum atomic E-state index is 0.0545. The molecule has 0 saturated heterocycles. The highest BCUT2D eigenvalue weighted by atomic mass is 16.5. The Morgan fingerprint density at radius 3 is 2.79 bits per heavy atom. The molecule has 0 aromatic heterocycles. The highest BCUT2D eigenvalue weighted by Crippen LogP contribution is 1.77. The van der Waals surface area contributed by atoms with Gasteiger partial charge in [0.15, 0.2) is 0 Å². The Kier molecular flexibility index (Phi) is 9.95. The fourth-order valence-corrected chi connectivity index (χ4v) is 0.923. The van der Waals surface area contributed by atoms with Gasteiger partial charge in [0.2, 0.25) is 5.91 Å². The first kappa shape index (κ1) is 13.4. The van der Waals surface area contributed by atoms with Gasteiger partial charge in [-0.1, -0.05) is 0 Å². The molecule has 0 fully saturated rings. The summed E-state index contributed by atoms with van der Waals surface area (Å²) in [7, 11) is 0.